The van der Waals surface area contributed by atoms with E-state index in [-0.39, 0.29) is 12.1 Å². The van der Waals surface area contributed by atoms with Gasteiger partial charge in [-0.25, -0.2) is 4.79 Å². The molecule has 2 rings (SSSR count). The van der Waals surface area contributed by atoms with Gasteiger partial charge in [0.25, 0.3) is 0 Å². The second kappa shape index (κ2) is 9.20. The third-order valence-corrected chi connectivity index (χ3v) is 6.04. The maximum atomic E-state index is 12.2. The first kappa shape index (κ1) is 17.3. The lowest BCUT2D eigenvalue weighted by Gasteiger charge is -2.26. The van der Waals surface area contributed by atoms with E-state index in [1.165, 1.54) is 0 Å². The Bertz CT molecular complexity index is 496. The van der Waals surface area contributed by atoms with Crippen LogP contribution in [0.5, 0.6) is 0 Å². The van der Waals surface area contributed by atoms with Crippen molar-refractivity contribution < 1.29 is 9.00 Å². The van der Waals surface area contributed by atoms with Gasteiger partial charge < -0.3 is 10.2 Å². The smallest absolute Gasteiger partial charge is 0.317 e. The standard InChI is InChI=1S/C16H24N2O2S2/c1-14-7-10-21-11-9-18(14)16(19)17-8-12-22(20)13-15-5-3-2-4-6-15/h2-6,14H,7-13H2,1H3,(H,17,19)/t14-,22-/m1/s1. The molecule has 1 fully saturated rings. The van der Waals surface area contributed by atoms with Gasteiger partial charge in [-0.3, -0.25) is 4.21 Å². The van der Waals surface area contributed by atoms with Gasteiger partial charge in [0, 0.05) is 47.2 Å². The van der Waals surface area contributed by atoms with E-state index in [4.69, 9.17) is 0 Å². The summed E-state index contributed by atoms with van der Waals surface area (Å²) in [5, 5.41) is 2.91. The number of hydrogen-bond acceptors (Lipinski definition) is 3. The molecule has 1 heterocycles. The predicted molar refractivity (Wildman–Crippen MR) is 94.7 cm³/mol. The summed E-state index contributed by atoms with van der Waals surface area (Å²) in [6.45, 7) is 3.36. The van der Waals surface area contributed by atoms with Crippen LogP contribution in [0, 0.1) is 0 Å². The summed E-state index contributed by atoms with van der Waals surface area (Å²) in [5.74, 6) is 3.16. The molecule has 1 aromatic carbocycles. The van der Waals surface area contributed by atoms with Crippen LogP contribution in [0.4, 0.5) is 4.79 Å². The number of rotatable bonds is 5. The lowest BCUT2D eigenvalue weighted by Crippen LogP contribution is -2.46. The molecule has 0 spiro atoms. The first-order valence-electron chi connectivity index (χ1n) is 7.68. The molecule has 2 amide bonds. The van der Waals surface area contributed by atoms with Crippen molar-refractivity contribution in [2.75, 3.05) is 30.3 Å². The van der Waals surface area contributed by atoms with Crippen LogP contribution in [-0.2, 0) is 16.6 Å². The molecule has 4 nitrogen and oxygen atoms in total. The monoisotopic (exact) mass is 340 g/mol. The fourth-order valence-electron chi connectivity index (χ4n) is 2.40. The molecule has 1 aliphatic heterocycles. The maximum Gasteiger partial charge on any atom is 0.317 e. The number of urea groups is 1. The average Bonchev–Trinajstić information content (AvgIpc) is 2.72. The Kier molecular flexibility index (Phi) is 7.25. The first-order chi connectivity index (χ1) is 10.7. The molecule has 0 unspecified atom stereocenters. The van der Waals surface area contributed by atoms with Gasteiger partial charge in [0.15, 0.2) is 0 Å². The normalized spacial score (nSPS) is 20.2. The minimum absolute atomic E-state index is 0.0216. The van der Waals surface area contributed by atoms with Gasteiger partial charge >= 0.3 is 6.03 Å². The van der Waals surface area contributed by atoms with E-state index in [0.29, 0.717) is 18.1 Å². The van der Waals surface area contributed by atoms with Crippen molar-refractivity contribution in [1.29, 1.82) is 0 Å². The average molecular weight is 341 g/mol. The summed E-state index contributed by atoms with van der Waals surface area (Å²) in [6.07, 6.45) is 1.04. The molecule has 2 atom stereocenters. The van der Waals surface area contributed by atoms with E-state index in [0.717, 1.165) is 30.0 Å². The fraction of sp³-hybridized carbons (Fsp3) is 0.562. The highest BCUT2D eigenvalue weighted by atomic mass is 32.2. The van der Waals surface area contributed by atoms with Crippen LogP contribution in [0.25, 0.3) is 0 Å². The molecular weight excluding hydrogens is 316 g/mol. The van der Waals surface area contributed by atoms with Gasteiger partial charge in [-0.05, 0) is 24.7 Å². The number of hydrogen-bond donors (Lipinski definition) is 1. The first-order valence-corrected chi connectivity index (χ1v) is 10.3. The van der Waals surface area contributed by atoms with E-state index in [9.17, 15) is 9.00 Å². The topological polar surface area (TPSA) is 49.4 Å². The van der Waals surface area contributed by atoms with Crippen LogP contribution in [0.2, 0.25) is 0 Å². The van der Waals surface area contributed by atoms with E-state index >= 15 is 0 Å². The molecular formula is C16H24N2O2S2. The van der Waals surface area contributed by atoms with Gasteiger partial charge in [0.1, 0.15) is 0 Å². The summed E-state index contributed by atoms with van der Waals surface area (Å²) in [4.78, 5) is 14.1. The van der Waals surface area contributed by atoms with Gasteiger partial charge in [-0.2, -0.15) is 11.8 Å². The zero-order valence-corrected chi connectivity index (χ0v) is 14.6. The maximum absolute atomic E-state index is 12.2. The van der Waals surface area contributed by atoms with Crippen molar-refractivity contribution in [2.45, 2.75) is 25.1 Å². The van der Waals surface area contributed by atoms with Gasteiger partial charge in [0.2, 0.25) is 0 Å². The number of carbonyl (C=O) groups excluding carboxylic acids is 1. The number of benzene rings is 1. The number of amides is 2. The van der Waals surface area contributed by atoms with Gasteiger partial charge in [-0.1, -0.05) is 30.3 Å². The van der Waals surface area contributed by atoms with Gasteiger partial charge in [-0.15, -0.1) is 0 Å². The van der Waals surface area contributed by atoms with E-state index in [2.05, 4.69) is 12.2 Å². The van der Waals surface area contributed by atoms with Crippen LogP contribution in [0.1, 0.15) is 18.9 Å². The highest BCUT2D eigenvalue weighted by Gasteiger charge is 2.21. The molecule has 6 heteroatoms. The molecule has 1 saturated heterocycles. The minimum Gasteiger partial charge on any atom is -0.337 e. The van der Waals surface area contributed by atoms with Crippen LogP contribution in [-0.4, -0.2) is 51.5 Å². The number of nitrogens with zero attached hydrogens (tertiary/aromatic N) is 1. The van der Waals surface area contributed by atoms with Crippen molar-refractivity contribution in [3.05, 3.63) is 35.9 Å². The highest BCUT2D eigenvalue weighted by molar-refractivity contribution is 7.99. The Morgan fingerprint density at radius 1 is 1.36 bits per heavy atom. The molecule has 122 valence electrons. The molecule has 0 saturated carbocycles. The molecule has 1 aromatic rings. The van der Waals surface area contributed by atoms with Crippen LogP contribution < -0.4 is 5.32 Å². The molecule has 22 heavy (non-hydrogen) atoms. The molecule has 1 aliphatic rings. The predicted octanol–water partition coefficient (Wildman–Crippen LogP) is 2.47. The van der Waals surface area contributed by atoms with Crippen molar-refractivity contribution in [1.82, 2.24) is 10.2 Å². The Balaban J connectivity index is 1.71. The number of thioether (sulfide) groups is 1. The van der Waals surface area contributed by atoms with E-state index in [1.54, 1.807) is 0 Å². The second-order valence-electron chi connectivity index (χ2n) is 5.45. The third kappa shape index (κ3) is 5.65. The van der Waals surface area contributed by atoms with Crippen LogP contribution in [0.3, 0.4) is 0 Å². The Morgan fingerprint density at radius 3 is 2.91 bits per heavy atom. The number of nitrogens with one attached hydrogen (secondary N) is 1. The Morgan fingerprint density at radius 2 is 2.14 bits per heavy atom. The highest BCUT2D eigenvalue weighted by Crippen LogP contribution is 2.15. The zero-order valence-electron chi connectivity index (χ0n) is 13.0. The summed E-state index contributed by atoms with van der Waals surface area (Å²) in [6, 6.07) is 10.1. The Labute approximate surface area is 139 Å². The summed E-state index contributed by atoms with van der Waals surface area (Å²) >= 11 is 1.90. The third-order valence-electron chi connectivity index (χ3n) is 3.73. The molecule has 0 aromatic heterocycles. The molecule has 0 aliphatic carbocycles. The fourth-order valence-corrected chi connectivity index (χ4v) is 4.48. The molecule has 0 bridgehead atoms. The van der Waals surface area contributed by atoms with Crippen molar-refractivity contribution >= 4 is 28.6 Å². The quantitative estimate of drug-likeness (QED) is 0.896. The van der Waals surface area contributed by atoms with E-state index < -0.39 is 10.8 Å². The van der Waals surface area contributed by atoms with Gasteiger partial charge in [0.05, 0.1) is 0 Å². The molecule has 0 radical (unpaired) electrons. The lowest BCUT2D eigenvalue weighted by atomic mass is 10.2. The van der Waals surface area contributed by atoms with E-state index in [1.807, 2.05) is 47.0 Å². The van der Waals surface area contributed by atoms with Crippen molar-refractivity contribution in [3.63, 3.8) is 0 Å². The largest absolute Gasteiger partial charge is 0.337 e. The SMILES string of the molecule is C[C@@H]1CCSCCN1C(=O)NCC[S@@](=O)Cc1ccccc1. The number of carbonyl (C=O) groups is 1. The lowest BCUT2D eigenvalue weighted by molar-refractivity contribution is 0.184. The molecule has 1 N–H and O–H groups in total. The zero-order chi connectivity index (χ0) is 15.8. The summed E-state index contributed by atoms with van der Waals surface area (Å²) in [5.41, 5.74) is 1.07. The summed E-state index contributed by atoms with van der Waals surface area (Å²) < 4.78 is 12.0. The summed E-state index contributed by atoms with van der Waals surface area (Å²) in [7, 11) is -0.942. The van der Waals surface area contributed by atoms with Crippen LogP contribution in [0.15, 0.2) is 30.3 Å². The Hall–Kier alpha value is -1.01. The van der Waals surface area contributed by atoms with Crippen molar-refractivity contribution in [3.8, 4) is 0 Å². The second-order valence-corrected chi connectivity index (χ2v) is 8.25. The van der Waals surface area contributed by atoms with Crippen molar-refractivity contribution in [2.24, 2.45) is 0 Å². The van der Waals surface area contributed by atoms with Crippen LogP contribution >= 0.6 is 11.8 Å². The minimum atomic E-state index is -0.942.